The first-order chi connectivity index (χ1) is 15.5. The number of nitrogens with zero attached hydrogens (tertiary/aromatic N) is 1. The van der Waals surface area contributed by atoms with Gasteiger partial charge in [-0.15, -0.1) is 0 Å². The Hall–Kier alpha value is -3.02. The summed E-state index contributed by atoms with van der Waals surface area (Å²) in [5.74, 6) is 1.17. The molecule has 3 aliphatic rings. The van der Waals surface area contributed by atoms with Gasteiger partial charge in [-0.3, -0.25) is 4.79 Å². The molecule has 2 fully saturated rings. The van der Waals surface area contributed by atoms with Crippen molar-refractivity contribution in [3.05, 3.63) is 59.7 Å². The number of carbonyl (C=O) groups excluding carboxylic acids is 2. The highest BCUT2D eigenvalue weighted by molar-refractivity contribution is 5.89. The van der Waals surface area contributed by atoms with Crippen molar-refractivity contribution in [1.29, 1.82) is 0 Å². The van der Waals surface area contributed by atoms with Crippen molar-refractivity contribution in [1.82, 2.24) is 10.2 Å². The van der Waals surface area contributed by atoms with Gasteiger partial charge in [0.25, 0.3) is 0 Å². The van der Waals surface area contributed by atoms with E-state index in [0.29, 0.717) is 25.6 Å². The lowest BCUT2D eigenvalue weighted by Crippen LogP contribution is -2.52. The number of fused-ring (bicyclic) bond motifs is 1. The zero-order valence-corrected chi connectivity index (χ0v) is 18.6. The SMILES string of the molecule is Cc1cccc(NC(=O)N2CCC3(CC2)CC(CC(=O)NC2CC2)c2ccccc2O3)c1. The molecule has 2 aromatic rings. The molecule has 2 N–H and O–H groups in total. The van der Waals surface area contributed by atoms with Crippen LogP contribution in [0.15, 0.2) is 48.5 Å². The number of urea groups is 1. The normalized spacial score (nSPS) is 21.4. The summed E-state index contributed by atoms with van der Waals surface area (Å²) in [4.78, 5) is 27.2. The predicted octanol–water partition coefficient (Wildman–Crippen LogP) is 4.60. The number of para-hydroxylation sites is 1. The van der Waals surface area contributed by atoms with E-state index in [2.05, 4.69) is 16.7 Å². The molecule has 2 heterocycles. The molecule has 0 aromatic heterocycles. The topological polar surface area (TPSA) is 70.7 Å². The van der Waals surface area contributed by atoms with Crippen molar-refractivity contribution in [2.75, 3.05) is 18.4 Å². The van der Waals surface area contributed by atoms with Crippen molar-refractivity contribution < 1.29 is 14.3 Å². The number of benzene rings is 2. The molecule has 1 spiro atoms. The van der Waals surface area contributed by atoms with Crippen LogP contribution in [0.4, 0.5) is 10.5 Å². The predicted molar refractivity (Wildman–Crippen MR) is 124 cm³/mol. The van der Waals surface area contributed by atoms with Crippen LogP contribution in [0.25, 0.3) is 0 Å². The fraction of sp³-hybridized carbons (Fsp3) is 0.462. The van der Waals surface area contributed by atoms with Crippen LogP contribution in [0.1, 0.15) is 55.6 Å². The van der Waals surface area contributed by atoms with Crippen molar-refractivity contribution in [2.45, 2.75) is 63.0 Å². The van der Waals surface area contributed by atoms with Crippen molar-refractivity contribution in [2.24, 2.45) is 0 Å². The summed E-state index contributed by atoms with van der Waals surface area (Å²) in [6.45, 7) is 3.29. The van der Waals surface area contributed by atoms with Crippen LogP contribution in [0, 0.1) is 6.92 Å². The fourth-order valence-electron chi connectivity index (χ4n) is 5.01. The summed E-state index contributed by atoms with van der Waals surface area (Å²) in [5.41, 5.74) is 2.74. The number of piperidine rings is 1. The molecule has 168 valence electrons. The maximum absolute atomic E-state index is 12.8. The second-order valence-electron chi connectivity index (χ2n) is 9.56. The molecular formula is C26H31N3O3. The lowest BCUT2D eigenvalue weighted by Gasteiger charge is -2.46. The maximum atomic E-state index is 12.8. The Morgan fingerprint density at radius 1 is 1.09 bits per heavy atom. The molecule has 1 aliphatic carbocycles. The number of hydrogen-bond acceptors (Lipinski definition) is 3. The molecule has 6 nitrogen and oxygen atoms in total. The molecule has 6 heteroatoms. The lowest BCUT2D eigenvalue weighted by atomic mass is 9.76. The second kappa shape index (κ2) is 8.49. The molecule has 3 amide bonds. The Morgan fingerprint density at radius 3 is 2.62 bits per heavy atom. The molecule has 1 saturated carbocycles. The Kier molecular flexibility index (Phi) is 5.53. The van der Waals surface area contributed by atoms with E-state index in [1.165, 1.54) is 0 Å². The van der Waals surface area contributed by atoms with Crippen LogP contribution in [0.3, 0.4) is 0 Å². The first-order valence-electron chi connectivity index (χ1n) is 11.7. The minimum Gasteiger partial charge on any atom is -0.487 e. The smallest absolute Gasteiger partial charge is 0.321 e. The maximum Gasteiger partial charge on any atom is 0.321 e. The monoisotopic (exact) mass is 433 g/mol. The third-order valence-corrected chi connectivity index (χ3v) is 6.91. The van der Waals surface area contributed by atoms with Crippen LogP contribution in [-0.2, 0) is 4.79 Å². The average molecular weight is 434 g/mol. The standard InChI is InChI=1S/C26H31N3O3/c1-18-5-4-6-21(15-18)28-25(31)29-13-11-26(12-14-29)17-19(16-24(30)27-20-9-10-20)22-7-2-3-8-23(22)32-26/h2-8,15,19-20H,9-14,16-17H2,1H3,(H,27,30)(H,28,31). The van der Waals surface area contributed by atoms with Gasteiger partial charge in [0.15, 0.2) is 0 Å². The van der Waals surface area contributed by atoms with E-state index in [-0.39, 0.29) is 23.5 Å². The number of anilines is 1. The van der Waals surface area contributed by atoms with Crippen molar-refractivity contribution in [3.8, 4) is 5.75 Å². The number of amides is 3. The number of rotatable bonds is 4. The van der Waals surface area contributed by atoms with Gasteiger partial charge in [0, 0.05) is 50.0 Å². The summed E-state index contributed by atoms with van der Waals surface area (Å²) in [7, 11) is 0. The molecule has 2 aliphatic heterocycles. The Bertz CT molecular complexity index is 1010. The summed E-state index contributed by atoms with van der Waals surface area (Å²) in [6.07, 6.45) is 5.04. The minimum atomic E-state index is -0.320. The van der Waals surface area contributed by atoms with E-state index in [4.69, 9.17) is 4.74 Å². The number of ether oxygens (including phenoxy) is 1. The molecule has 0 radical (unpaired) electrons. The van der Waals surface area contributed by atoms with Gasteiger partial charge in [0.1, 0.15) is 11.4 Å². The fourth-order valence-corrected chi connectivity index (χ4v) is 5.01. The lowest BCUT2D eigenvalue weighted by molar-refractivity contribution is -0.122. The van der Waals surface area contributed by atoms with Crippen molar-refractivity contribution in [3.63, 3.8) is 0 Å². The quantitative estimate of drug-likeness (QED) is 0.741. The van der Waals surface area contributed by atoms with Gasteiger partial charge >= 0.3 is 6.03 Å². The minimum absolute atomic E-state index is 0.0676. The first kappa shape index (κ1) is 20.9. The zero-order chi connectivity index (χ0) is 22.1. The summed E-state index contributed by atoms with van der Waals surface area (Å²) in [5, 5.41) is 6.14. The Morgan fingerprint density at radius 2 is 1.88 bits per heavy atom. The van der Waals surface area contributed by atoms with Crippen LogP contribution >= 0.6 is 0 Å². The van der Waals surface area contributed by atoms with Crippen LogP contribution in [0.5, 0.6) is 5.75 Å². The highest BCUT2D eigenvalue weighted by Gasteiger charge is 2.44. The Balaban J connectivity index is 1.25. The number of likely N-dealkylation sites (tertiary alicyclic amines) is 1. The van der Waals surface area contributed by atoms with E-state index in [1.54, 1.807) is 0 Å². The van der Waals surface area contributed by atoms with Crippen LogP contribution < -0.4 is 15.4 Å². The van der Waals surface area contributed by atoms with E-state index >= 15 is 0 Å². The molecule has 1 atom stereocenters. The number of aryl methyl sites for hydroxylation is 1. The molecule has 2 aromatic carbocycles. The molecule has 32 heavy (non-hydrogen) atoms. The number of carbonyl (C=O) groups is 2. The molecular weight excluding hydrogens is 402 g/mol. The molecule has 1 unspecified atom stereocenters. The molecule has 1 saturated heterocycles. The van der Waals surface area contributed by atoms with E-state index in [9.17, 15) is 9.59 Å². The average Bonchev–Trinajstić information content (AvgIpc) is 3.58. The van der Waals surface area contributed by atoms with Gasteiger partial charge in [-0.25, -0.2) is 4.79 Å². The molecule has 0 bridgehead atoms. The van der Waals surface area contributed by atoms with E-state index < -0.39 is 0 Å². The second-order valence-corrected chi connectivity index (χ2v) is 9.56. The van der Waals surface area contributed by atoms with Gasteiger partial charge in [-0.2, -0.15) is 0 Å². The largest absolute Gasteiger partial charge is 0.487 e. The Labute approximate surface area is 189 Å². The van der Waals surface area contributed by atoms with E-state index in [0.717, 1.165) is 54.7 Å². The number of nitrogens with one attached hydrogen (secondary N) is 2. The summed E-state index contributed by atoms with van der Waals surface area (Å²) >= 11 is 0. The summed E-state index contributed by atoms with van der Waals surface area (Å²) < 4.78 is 6.54. The zero-order valence-electron chi connectivity index (χ0n) is 18.6. The first-order valence-corrected chi connectivity index (χ1v) is 11.7. The van der Waals surface area contributed by atoms with Crippen molar-refractivity contribution >= 4 is 17.6 Å². The van der Waals surface area contributed by atoms with Gasteiger partial charge < -0.3 is 20.3 Å². The van der Waals surface area contributed by atoms with Gasteiger partial charge in [-0.1, -0.05) is 30.3 Å². The third kappa shape index (κ3) is 4.59. The van der Waals surface area contributed by atoms with Gasteiger partial charge in [-0.05, 0) is 55.5 Å². The van der Waals surface area contributed by atoms with Gasteiger partial charge in [0.05, 0.1) is 0 Å². The van der Waals surface area contributed by atoms with Gasteiger partial charge in [0.2, 0.25) is 5.91 Å². The number of hydrogen-bond donors (Lipinski definition) is 2. The highest BCUT2D eigenvalue weighted by Crippen LogP contribution is 2.46. The summed E-state index contributed by atoms with van der Waals surface area (Å²) in [6, 6.07) is 16.3. The van der Waals surface area contributed by atoms with Crippen LogP contribution in [-0.4, -0.2) is 41.6 Å². The molecule has 5 rings (SSSR count). The van der Waals surface area contributed by atoms with Crippen LogP contribution in [0.2, 0.25) is 0 Å². The highest BCUT2D eigenvalue weighted by atomic mass is 16.5. The van der Waals surface area contributed by atoms with E-state index in [1.807, 2.05) is 54.3 Å². The third-order valence-electron chi connectivity index (χ3n) is 6.91.